The van der Waals surface area contributed by atoms with Gasteiger partial charge in [0.2, 0.25) is 6.29 Å². The molecule has 0 radical (unpaired) electrons. The van der Waals surface area contributed by atoms with Gasteiger partial charge in [-0.05, 0) is 18.1 Å². The molecule has 9 heteroatoms. The Labute approximate surface area is 161 Å². The summed E-state index contributed by atoms with van der Waals surface area (Å²) < 4.78 is 21.6. The van der Waals surface area contributed by atoms with Crippen LogP contribution in [0.3, 0.4) is 0 Å². The standard InChI is InChI=1S/C19H24O9/c1-7-9(3)26-18(24)14-11(5-10(25-4)8(2)13(7)14)27-19-17(23)16(22)15(21)12(6-20)28-19/h5,7,12,15-17,19-23H,3,6H2,1-2,4H3/t7?,12-,15-,16+,17-,19+/m0/s1. The first-order valence-electron chi connectivity index (χ1n) is 8.80. The van der Waals surface area contributed by atoms with Gasteiger partial charge in [-0.2, -0.15) is 0 Å². The number of esters is 1. The molecule has 28 heavy (non-hydrogen) atoms. The van der Waals surface area contributed by atoms with Crippen molar-refractivity contribution in [2.45, 2.75) is 50.5 Å². The number of methoxy groups -OCH3 is 1. The zero-order chi connectivity index (χ0) is 20.7. The van der Waals surface area contributed by atoms with E-state index in [-0.39, 0.29) is 23.0 Å². The molecule has 0 spiro atoms. The number of ether oxygens (including phenoxy) is 4. The van der Waals surface area contributed by atoms with E-state index in [0.29, 0.717) is 16.9 Å². The molecule has 154 valence electrons. The molecular weight excluding hydrogens is 372 g/mol. The van der Waals surface area contributed by atoms with E-state index in [1.807, 2.05) is 6.92 Å². The van der Waals surface area contributed by atoms with E-state index in [4.69, 9.17) is 18.9 Å². The van der Waals surface area contributed by atoms with Crippen molar-refractivity contribution in [2.75, 3.05) is 13.7 Å². The molecule has 2 aliphatic rings. The van der Waals surface area contributed by atoms with Crippen LogP contribution in [-0.2, 0) is 9.47 Å². The van der Waals surface area contributed by atoms with E-state index in [0.717, 1.165) is 0 Å². The summed E-state index contributed by atoms with van der Waals surface area (Å²) in [7, 11) is 1.47. The summed E-state index contributed by atoms with van der Waals surface area (Å²) in [4.78, 5) is 12.5. The SMILES string of the molecule is C=C1OC(=O)c2c(O[C@@H]3O[C@@H](CO)[C@H](O)[C@@H](O)[C@@H]3O)cc(OC)c(C)c2C1C. The number of allylic oxidation sites excluding steroid dienone is 1. The Morgan fingerprint density at radius 2 is 1.86 bits per heavy atom. The van der Waals surface area contributed by atoms with E-state index in [1.165, 1.54) is 13.2 Å². The number of fused-ring (bicyclic) bond motifs is 1. The highest BCUT2D eigenvalue weighted by atomic mass is 16.7. The molecule has 1 fully saturated rings. The van der Waals surface area contributed by atoms with Crippen LogP contribution in [0.4, 0.5) is 0 Å². The van der Waals surface area contributed by atoms with Crippen molar-refractivity contribution >= 4 is 5.97 Å². The van der Waals surface area contributed by atoms with Crippen LogP contribution in [0.1, 0.15) is 34.3 Å². The fourth-order valence-corrected chi connectivity index (χ4v) is 3.52. The van der Waals surface area contributed by atoms with E-state index in [9.17, 15) is 25.2 Å². The molecule has 9 nitrogen and oxygen atoms in total. The zero-order valence-corrected chi connectivity index (χ0v) is 15.8. The minimum Gasteiger partial charge on any atom is -0.496 e. The topological polar surface area (TPSA) is 135 Å². The van der Waals surface area contributed by atoms with Crippen LogP contribution in [-0.4, -0.2) is 70.8 Å². The maximum Gasteiger partial charge on any atom is 0.347 e. The average molecular weight is 396 g/mol. The third-order valence-electron chi connectivity index (χ3n) is 5.21. The van der Waals surface area contributed by atoms with Crippen molar-refractivity contribution in [3.05, 3.63) is 35.1 Å². The highest BCUT2D eigenvalue weighted by Gasteiger charge is 2.45. The summed E-state index contributed by atoms with van der Waals surface area (Å²) >= 11 is 0. The molecule has 0 amide bonds. The van der Waals surface area contributed by atoms with Crippen LogP contribution in [0.15, 0.2) is 18.4 Å². The highest BCUT2D eigenvalue weighted by molar-refractivity contribution is 5.97. The van der Waals surface area contributed by atoms with Crippen LogP contribution in [0.25, 0.3) is 0 Å². The largest absolute Gasteiger partial charge is 0.496 e. The number of cyclic esters (lactones) is 1. The monoisotopic (exact) mass is 396 g/mol. The number of carbonyl (C=O) groups excluding carboxylic acids is 1. The van der Waals surface area contributed by atoms with Gasteiger partial charge in [-0.1, -0.05) is 13.5 Å². The normalized spacial score (nSPS) is 32.5. The van der Waals surface area contributed by atoms with Crippen LogP contribution in [0.2, 0.25) is 0 Å². The number of carbonyl (C=O) groups is 1. The lowest BCUT2D eigenvalue weighted by atomic mass is 9.87. The molecule has 2 heterocycles. The van der Waals surface area contributed by atoms with Gasteiger partial charge in [0.25, 0.3) is 0 Å². The van der Waals surface area contributed by atoms with Crippen molar-refractivity contribution in [3.8, 4) is 11.5 Å². The molecule has 2 aliphatic heterocycles. The maximum atomic E-state index is 12.5. The molecule has 4 N–H and O–H groups in total. The number of aliphatic hydroxyl groups excluding tert-OH is 4. The van der Waals surface area contributed by atoms with Gasteiger partial charge in [-0.15, -0.1) is 0 Å². The van der Waals surface area contributed by atoms with Crippen molar-refractivity contribution in [2.24, 2.45) is 0 Å². The van der Waals surface area contributed by atoms with Crippen molar-refractivity contribution in [1.82, 2.24) is 0 Å². The second kappa shape index (κ2) is 7.69. The summed E-state index contributed by atoms with van der Waals surface area (Å²) in [6.07, 6.45) is -7.33. The summed E-state index contributed by atoms with van der Waals surface area (Å²) in [6.45, 7) is 6.77. The van der Waals surface area contributed by atoms with Gasteiger partial charge in [0.15, 0.2) is 0 Å². The summed E-state index contributed by atoms with van der Waals surface area (Å²) in [6, 6.07) is 1.46. The summed E-state index contributed by atoms with van der Waals surface area (Å²) in [5, 5.41) is 39.4. The third kappa shape index (κ3) is 3.25. The second-order valence-corrected chi connectivity index (χ2v) is 6.88. The first-order valence-corrected chi connectivity index (χ1v) is 8.80. The Hall–Kier alpha value is -2.17. The molecule has 1 saturated heterocycles. The molecule has 0 aromatic heterocycles. The summed E-state index contributed by atoms with van der Waals surface area (Å²) in [5.74, 6) is -0.255. The third-order valence-corrected chi connectivity index (χ3v) is 5.21. The van der Waals surface area contributed by atoms with E-state index in [1.54, 1.807) is 6.92 Å². The first-order chi connectivity index (χ1) is 13.2. The minimum atomic E-state index is -1.62. The van der Waals surface area contributed by atoms with Crippen molar-refractivity contribution in [1.29, 1.82) is 0 Å². The minimum absolute atomic E-state index is 0.0196. The predicted octanol–water partition coefficient (Wildman–Crippen LogP) is -0.0301. The highest BCUT2D eigenvalue weighted by Crippen LogP contribution is 2.44. The maximum absolute atomic E-state index is 12.5. The number of hydrogen-bond acceptors (Lipinski definition) is 9. The fourth-order valence-electron chi connectivity index (χ4n) is 3.52. The molecule has 0 aliphatic carbocycles. The quantitative estimate of drug-likeness (QED) is 0.518. The van der Waals surface area contributed by atoms with Crippen LogP contribution in [0, 0.1) is 6.92 Å². The Morgan fingerprint density at radius 1 is 1.18 bits per heavy atom. The average Bonchev–Trinajstić information content (AvgIpc) is 2.67. The van der Waals surface area contributed by atoms with Gasteiger partial charge in [-0.3, -0.25) is 0 Å². The molecule has 0 bridgehead atoms. The zero-order valence-electron chi connectivity index (χ0n) is 15.8. The molecule has 1 unspecified atom stereocenters. The molecule has 1 aromatic rings. The van der Waals surface area contributed by atoms with E-state index in [2.05, 4.69) is 6.58 Å². The lowest BCUT2D eigenvalue weighted by molar-refractivity contribution is -0.277. The lowest BCUT2D eigenvalue weighted by Gasteiger charge is -2.40. The van der Waals surface area contributed by atoms with E-state index >= 15 is 0 Å². The Bertz CT molecular complexity index is 788. The molecular formula is C19H24O9. The number of benzene rings is 1. The Kier molecular flexibility index (Phi) is 5.64. The molecule has 3 rings (SSSR count). The summed E-state index contributed by atoms with van der Waals surface area (Å²) in [5.41, 5.74) is 1.46. The van der Waals surface area contributed by atoms with Gasteiger partial charge in [0, 0.05) is 12.0 Å². The van der Waals surface area contributed by atoms with Gasteiger partial charge in [-0.25, -0.2) is 4.79 Å². The molecule has 1 aromatic carbocycles. The number of hydrogen-bond donors (Lipinski definition) is 4. The first kappa shape index (κ1) is 20.6. The van der Waals surface area contributed by atoms with Gasteiger partial charge >= 0.3 is 5.97 Å². The van der Waals surface area contributed by atoms with Crippen LogP contribution < -0.4 is 9.47 Å². The van der Waals surface area contributed by atoms with Crippen molar-refractivity contribution in [3.63, 3.8) is 0 Å². The van der Waals surface area contributed by atoms with Gasteiger partial charge in [0.1, 0.15) is 47.2 Å². The smallest absolute Gasteiger partial charge is 0.347 e. The number of aliphatic hydroxyl groups is 4. The molecule has 6 atom stereocenters. The predicted molar refractivity (Wildman–Crippen MR) is 95.1 cm³/mol. The van der Waals surface area contributed by atoms with Gasteiger partial charge in [0.05, 0.1) is 13.7 Å². The van der Waals surface area contributed by atoms with E-state index < -0.39 is 43.3 Å². The Balaban J connectivity index is 2.05. The Morgan fingerprint density at radius 3 is 2.46 bits per heavy atom. The second-order valence-electron chi connectivity index (χ2n) is 6.88. The van der Waals surface area contributed by atoms with Crippen LogP contribution in [0.5, 0.6) is 11.5 Å². The fraction of sp³-hybridized carbons (Fsp3) is 0.526. The van der Waals surface area contributed by atoms with Crippen LogP contribution >= 0.6 is 0 Å². The van der Waals surface area contributed by atoms with Gasteiger partial charge < -0.3 is 39.4 Å². The van der Waals surface area contributed by atoms with Crippen molar-refractivity contribution < 1.29 is 44.2 Å². The number of rotatable bonds is 4. The molecule has 0 saturated carbocycles. The lowest BCUT2D eigenvalue weighted by Crippen LogP contribution is -2.60.